The average Bonchev–Trinajstić information content (AvgIpc) is 3.05. The number of rotatable bonds is 4. The summed E-state index contributed by atoms with van der Waals surface area (Å²) >= 11 is 0. The molecule has 0 saturated heterocycles. The van der Waals surface area contributed by atoms with E-state index in [2.05, 4.69) is 5.32 Å². The van der Waals surface area contributed by atoms with Crippen molar-refractivity contribution in [1.29, 1.82) is 0 Å². The van der Waals surface area contributed by atoms with E-state index in [9.17, 15) is 0 Å². The van der Waals surface area contributed by atoms with E-state index in [-0.39, 0.29) is 0 Å². The third-order valence-corrected chi connectivity index (χ3v) is 5.37. The highest BCUT2D eigenvalue weighted by molar-refractivity contribution is 4.92. The Balaban J connectivity index is 1.53. The molecule has 0 unspecified atom stereocenters. The lowest BCUT2D eigenvalue weighted by atomic mass is 9.91. The maximum atomic E-state index is 6.41. The Morgan fingerprint density at radius 2 is 1.42 bits per heavy atom. The third kappa shape index (κ3) is 3.50. The molecule has 19 heavy (non-hydrogen) atoms. The first-order valence-corrected chi connectivity index (χ1v) is 8.50. The number of hydrogen-bond donors (Lipinski definition) is 2. The summed E-state index contributed by atoms with van der Waals surface area (Å²) in [5, 5.41) is 3.84. The third-order valence-electron chi connectivity index (χ3n) is 5.37. The van der Waals surface area contributed by atoms with Gasteiger partial charge in [0.15, 0.2) is 0 Å². The van der Waals surface area contributed by atoms with Gasteiger partial charge in [0.25, 0.3) is 0 Å². The van der Waals surface area contributed by atoms with Crippen LogP contribution in [-0.2, 0) is 4.74 Å². The van der Waals surface area contributed by atoms with Gasteiger partial charge in [0.05, 0.1) is 12.2 Å². The number of hydrogen-bond acceptors (Lipinski definition) is 3. The van der Waals surface area contributed by atoms with Crippen LogP contribution in [0.4, 0.5) is 0 Å². The van der Waals surface area contributed by atoms with Crippen LogP contribution in [0.25, 0.3) is 0 Å². The van der Waals surface area contributed by atoms with Gasteiger partial charge in [-0.05, 0) is 38.5 Å². The van der Waals surface area contributed by atoms with Gasteiger partial charge in [-0.25, -0.2) is 0 Å². The molecule has 0 bridgehead atoms. The van der Waals surface area contributed by atoms with Crippen molar-refractivity contribution in [3.8, 4) is 0 Å². The number of ether oxygens (including phenoxy) is 1. The molecule has 3 saturated carbocycles. The molecule has 3 rings (SSSR count). The van der Waals surface area contributed by atoms with Gasteiger partial charge < -0.3 is 15.8 Å². The average molecular weight is 266 g/mol. The van der Waals surface area contributed by atoms with Crippen LogP contribution in [-0.4, -0.2) is 30.3 Å². The van der Waals surface area contributed by atoms with Crippen LogP contribution in [0.15, 0.2) is 0 Å². The largest absolute Gasteiger partial charge is 0.373 e. The first-order chi connectivity index (χ1) is 9.33. The van der Waals surface area contributed by atoms with Crippen molar-refractivity contribution in [1.82, 2.24) is 5.32 Å². The SMILES string of the molecule is N[C@H]1CCC[C@H]1N[C@@H]1CCCC[C@@H]1OC1CCCC1. The van der Waals surface area contributed by atoms with E-state index in [4.69, 9.17) is 10.5 Å². The zero-order valence-electron chi connectivity index (χ0n) is 12.2. The molecule has 3 N–H and O–H groups in total. The molecule has 0 aromatic carbocycles. The molecule has 110 valence electrons. The zero-order chi connectivity index (χ0) is 13.1. The van der Waals surface area contributed by atoms with Crippen LogP contribution < -0.4 is 11.1 Å². The predicted molar refractivity (Wildman–Crippen MR) is 78.1 cm³/mol. The van der Waals surface area contributed by atoms with E-state index < -0.39 is 0 Å². The summed E-state index contributed by atoms with van der Waals surface area (Å²) in [6.07, 6.45) is 15.2. The van der Waals surface area contributed by atoms with Gasteiger partial charge in [0, 0.05) is 18.1 Å². The van der Waals surface area contributed by atoms with Gasteiger partial charge in [-0.2, -0.15) is 0 Å². The fourth-order valence-electron chi connectivity index (χ4n) is 4.19. The molecule has 0 radical (unpaired) electrons. The van der Waals surface area contributed by atoms with Gasteiger partial charge in [-0.3, -0.25) is 0 Å². The van der Waals surface area contributed by atoms with E-state index in [1.807, 2.05) is 0 Å². The van der Waals surface area contributed by atoms with Crippen LogP contribution >= 0.6 is 0 Å². The predicted octanol–water partition coefficient (Wildman–Crippen LogP) is 2.73. The van der Waals surface area contributed by atoms with Crippen molar-refractivity contribution in [3.63, 3.8) is 0 Å². The summed E-state index contributed by atoms with van der Waals surface area (Å²) in [5.74, 6) is 0. The van der Waals surface area contributed by atoms with Crippen molar-refractivity contribution < 1.29 is 4.74 Å². The van der Waals surface area contributed by atoms with Gasteiger partial charge >= 0.3 is 0 Å². The van der Waals surface area contributed by atoms with Crippen molar-refractivity contribution in [3.05, 3.63) is 0 Å². The normalized spacial score (nSPS) is 40.9. The molecule has 4 atom stereocenters. The molecule has 3 aliphatic carbocycles. The van der Waals surface area contributed by atoms with Gasteiger partial charge in [-0.15, -0.1) is 0 Å². The van der Waals surface area contributed by atoms with E-state index >= 15 is 0 Å². The van der Waals surface area contributed by atoms with Crippen LogP contribution in [0.3, 0.4) is 0 Å². The Morgan fingerprint density at radius 3 is 2.16 bits per heavy atom. The lowest BCUT2D eigenvalue weighted by Crippen LogP contribution is -2.52. The Morgan fingerprint density at radius 1 is 0.737 bits per heavy atom. The molecular formula is C16H30N2O. The van der Waals surface area contributed by atoms with Crippen molar-refractivity contribution in [2.75, 3.05) is 0 Å². The topological polar surface area (TPSA) is 47.3 Å². The van der Waals surface area contributed by atoms with E-state index in [0.717, 1.165) is 0 Å². The van der Waals surface area contributed by atoms with Crippen LogP contribution in [0.5, 0.6) is 0 Å². The summed E-state index contributed by atoms with van der Waals surface area (Å²) in [4.78, 5) is 0. The second kappa shape index (κ2) is 6.55. The monoisotopic (exact) mass is 266 g/mol. The summed E-state index contributed by atoms with van der Waals surface area (Å²) < 4.78 is 6.41. The first kappa shape index (κ1) is 13.8. The molecule has 0 heterocycles. The Hall–Kier alpha value is -0.120. The van der Waals surface area contributed by atoms with E-state index in [0.29, 0.717) is 30.3 Å². The van der Waals surface area contributed by atoms with E-state index in [1.54, 1.807) is 0 Å². The number of nitrogens with two attached hydrogens (primary N) is 1. The second-order valence-corrected chi connectivity index (χ2v) is 6.84. The maximum Gasteiger partial charge on any atom is 0.0731 e. The summed E-state index contributed by atoms with van der Waals surface area (Å²) in [7, 11) is 0. The van der Waals surface area contributed by atoms with Gasteiger partial charge in [0.2, 0.25) is 0 Å². The summed E-state index contributed by atoms with van der Waals surface area (Å²) in [6, 6.07) is 1.47. The highest BCUT2D eigenvalue weighted by Gasteiger charge is 2.33. The maximum absolute atomic E-state index is 6.41. The Kier molecular flexibility index (Phi) is 4.78. The van der Waals surface area contributed by atoms with Crippen LogP contribution in [0.2, 0.25) is 0 Å². The zero-order valence-corrected chi connectivity index (χ0v) is 12.2. The van der Waals surface area contributed by atoms with Crippen molar-refractivity contribution in [2.45, 2.75) is 101 Å². The van der Waals surface area contributed by atoms with Gasteiger partial charge in [0.1, 0.15) is 0 Å². The number of nitrogens with one attached hydrogen (secondary N) is 1. The van der Waals surface area contributed by atoms with Crippen molar-refractivity contribution in [2.24, 2.45) is 5.73 Å². The minimum absolute atomic E-state index is 0.369. The fraction of sp³-hybridized carbons (Fsp3) is 1.00. The van der Waals surface area contributed by atoms with Crippen molar-refractivity contribution >= 4 is 0 Å². The molecule has 0 amide bonds. The molecule has 0 aromatic heterocycles. The van der Waals surface area contributed by atoms with Crippen LogP contribution in [0, 0.1) is 0 Å². The lowest BCUT2D eigenvalue weighted by molar-refractivity contribution is -0.0455. The molecule has 0 aliphatic heterocycles. The minimum atomic E-state index is 0.369. The highest BCUT2D eigenvalue weighted by atomic mass is 16.5. The molecule has 0 spiro atoms. The molecule has 0 aromatic rings. The molecule has 3 fully saturated rings. The lowest BCUT2D eigenvalue weighted by Gasteiger charge is -2.36. The Bertz CT molecular complexity index is 278. The summed E-state index contributed by atoms with van der Waals surface area (Å²) in [6.45, 7) is 0. The molecule has 3 nitrogen and oxygen atoms in total. The fourth-order valence-corrected chi connectivity index (χ4v) is 4.19. The smallest absolute Gasteiger partial charge is 0.0731 e. The van der Waals surface area contributed by atoms with Gasteiger partial charge in [-0.1, -0.05) is 32.1 Å². The quantitative estimate of drug-likeness (QED) is 0.822. The molecular weight excluding hydrogens is 236 g/mol. The molecule has 3 aliphatic rings. The second-order valence-electron chi connectivity index (χ2n) is 6.84. The molecule has 3 heteroatoms. The first-order valence-electron chi connectivity index (χ1n) is 8.50. The highest BCUT2D eigenvalue weighted by Crippen LogP contribution is 2.29. The van der Waals surface area contributed by atoms with Crippen LogP contribution in [0.1, 0.15) is 70.6 Å². The standard InChI is InChI=1S/C16H30N2O/c17-13-8-5-10-14(13)18-15-9-3-4-11-16(15)19-12-6-1-2-7-12/h12-16,18H,1-11,17H2/t13-,14+,15+,16-/m0/s1. The Labute approximate surface area is 117 Å². The summed E-state index contributed by atoms with van der Waals surface area (Å²) in [5.41, 5.74) is 6.20. The minimum Gasteiger partial charge on any atom is -0.373 e. The van der Waals surface area contributed by atoms with E-state index in [1.165, 1.54) is 70.6 Å².